The quantitative estimate of drug-likeness (QED) is 0.761. The van der Waals surface area contributed by atoms with Gasteiger partial charge in [-0.25, -0.2) is 8.78 Å². The second-order valence-corrected chi connectivity index (χ2v) is 5.15. The number of nitrogens with two attached hydrogens (primary N) is 1. The molecule has 15 heavy (non-hydrogen) atoms. The summed E-state index contributed by atoms with van der Waals surface area (Å²) in [5, 5.41) is 3.00. The number of alkyl halides is 2. The van der Waals surface area contributed by atoms with Crippen molar-refractivity contribution in [1.82, 2.24) is 5.32 Å². The molecule has 4 heteroatoms. The molecule has 0 aromatic heterocycles. The van der Waals surface area contributed by atoms with Crippen LogP contribution in [0.5, 0.6) is 0 Å². The lowest BCUT2D eigenvalue weighted by Gasteiger charge is -2.50. The van der Waals surface area contributed by atoms with Crippen molar-refractivity contribution in [3.05, 3.63) is 0 Å². The van der Waals surface area contributed by atoms with Gasteiger partial charge in [0.1, 0.15) is 0 Å². The fraction of sp³-hybridized carbons (Fsp3) is 1.00. The molecule has 0 heterocycles. The van der Waals surface area contributed by atoms with Crippen LogP contribution >= 0.6 is 0 Å². The minimum atomic E-state index is -2.30. The molecule has 0 aromatic carbocycles. The van der Waals surface area contributed by atoms with Gasteiger partial charge in [-0.05, 0) is 18.3 Å². The van der Waals surface area contributed by atoms with E-state index in [9.17, 15) is 8.78 Å². The third kappa shape index (κ3) is 2.67. The van der Waals surface area contributed by atoms with E-state index in [0.717, 1.165) is 19.3 Å². The average molecular weight is 220 g/mol. The summed E-state index contributed by atoms with van der Waals surface area (Å²) in [6.07, 6.45) is 1.91. The number of hydrogen-bond donors (Lipinski definition) is 2. The maximum Gasteiger partial charge on any atom is 0.250 e. The molecule has 1 aliphatic carbocycles. The third-order valence-corrected chi connectivity index (χ3v) is 3.89. The Bertz CT molecular complexity index is 207. The van der Waals surface area contributed by atoms with E-state index in [4.69, 9.17) is 5.73 Å². The molecular weight excluding hydrogens is 198 g/mol. The molecule has 1 rings (SSSR count). The standard InChI is InChI=1S/C11H22F2N2/c1-10(2)5-3-4-6-11(10,8-14)15-7-9(12)13/h9,15H,3-8,14H2,1-2H3. The summed E-state index contributed by atoms with van der Waals surface area (Å²) in [5.41, 5.74) is 5.50. The number of rotatable bonds is 4. The van der Waals surface area contributed by atoms with Gasteiger partial charge in [0.05, 0.1) is 6.54 Å². The topological polar surface area (TPSA) is 38.0 Å². The Hall–Kier alpha value is -0.220. The summed E-state index contributed by atoms with van der Waals surface area (Å²) in [6, 6.07) is 0. The first kappa shape index (κ1) is 12.8. The maximum atomic E-state index is 12.2. The molecule has 1 unspecified atom stereocenters. The lowest BCUT2D eigenvalue weighted by molar-refractivity contribution is 0.0458. The molecular formula is C11H22F2N2. The van der Waals surface area contributed by atoms with Crippen LogP contribution in [0.15, 0.2) is 0 Å². The van der Waals surface area contributed by atoms with Gasteiger partial charge < -0.3 is 11.1 Å². The molecule has 0 aromatic rings. The lowest BCUT2D eigenvalue weighted by atomic mass is 9.63. The van der Waals surface area contributed by atoms with Crippen LogP contribution in [-0.4, -0.2) is 25.1 Å². The van der Waals surface area contributed by atoms with Crippen LogP contribution < -0.4 is 11.1 Å². The highest BCUT2D eigenvalue weighted by Gasteiger charge is 2.45. The van der Waals surface area contributed by atoms with Crippen LogP contribution in [0, 0.1) is 5.41 Å². The van der Waals surface area contributed by atoms with Crippen LogP contribution in [0.25, 0.3) is 0 Å². The number of nitrogens with one attached hydrogen (secondary N) is 1. The fourth-order valence-corrected chi connectivity index (χ4v) is 2.62. The lowest BCUT2D eigenvalue weighted by Crippen LogP contribution is -2.62. The highest BCUT2D eigenvalue weighted by Crippen LogP contribution is 2.43. The summed E-state index contributed by atoms with van der Waals surface area (Å²) in [4.78, 5) is 0. The van der Waals surface area contributed by atoms with Crippen LogP contribution in [0.3, 0.4) is 0 Å². The van der Waals surface area contributed by atoms with Gasteiger partial charge in [-0.15, -0.1) is 0 Å². The molecule has 0 amide bonds. The summed E-state index contributed by atoms with van der Waals surface area (Å²) in [5.74, 6) is 0. The van der Waals surface area contributed by atoms with E-state index in [-0.39, 0.29) is 17.5 Å². The third-order valence-electron chi connectivity index (χ3n) is 3.89. The van der Waals surface area contributed by atoms with Gasteiger partial charge >= 0.3 is 0 Å². The van der Waals surface area contributed by atoms with E-state index in [1.807, 2.05) is 0 Å². The Morgan fingerprint density at radius 1 is 1.27 bits per heavy atom. The average Bonchev–Trinajstić information content (AvgIpc) is 2.16. The van der Waals surface area contributed by atoms with Gasteiger partial charge in [0.2, 0.25) is 0 Å². The van der Waals surface area contributed by atoms with E-state index >= 15 is 0 Å². The van der Waals surface area contributed by atoms with Gasteiger partial charge in [0.25, 0.3) is 6.43 Å². The molecule has 3 N–H and O–H groups in total. The van der Waals surface area contributed by atoms with Crippen LogP contribution in [0.2, 0.25) is 0 Å². The molecule has 90 valence electrons. The molecule has 1 saturated carbocycles. The Morgan fingerprint density at radius 2 is 1.87 bits per heavy atom. The molecule has 1 fully saturated rings. The molecule has 0 spiro atoms. The fourth-order valence-electron chi connectivity index (χ4n) is 2.62. The Morgan fingerprint density at radius 3 is 2.33 bits per heavy atom. The molecule has 1 atom stereocenters. The van der Waals surface area contributed by atoms with Crippen molar-refractivity contribution in [2.24, 2.45) is 11.1 Å². The van der Waals surface area contributed by atoms with E-state index in [1.54, 1.807) is 0 Å². The SMILES string of the molecule is CC1(C)CCCCC1(CN)NCC(F)F. The molecule has 0 aliphatic heterocycles. The molecule has 1 aliphatic rings. The van der Waals surface area contributed by atoms with Gasteiger partial charge in [0, 0.05) is 12.1 Å². The summed E-state index contributed by atoms with van der Waals surface area (Å²) in [7, 11) is 0. The highest BCUT2D eigenvalue weighted by atomic mass is 19.3. The Labute approximate surface area is 90.6 Å². The second-order valence-electron chi connectivity index (χ2n) is 5.15. The van der Waals surface area contributed by atoms with Crippen molar-refractivity contribution in [3.63, 3.8) is 0 Å². The predicted octanol–water partition coefficient (Wildman–Crippen LogP) is 2.14. The van der Waals surface area contributed by atoms with E-state index in [0.29, 0.717) is 6.54 Å². The monoisotopic (exact) mass is 220 g/mol. The first-order valence-electron chi connectivity index (χ1n) is 5.67. The maximum absolute atomic E-state index is 12.2. The second kappa shape index (κ2) is 4.74. The minimum Gasteiger partial charge on any atom is -0.329 e. The van der Waals surface area contributed by atoms with Crippen molar-refractivity contribution in [1.29, 1.82) is 0 Å². The van der Waals surface area contributed by atoms with Crippen molar-refractivity contribution in [2.45, 2.75) is 51.5 Å². The smallest absolute Gasteiger partial charge is 0.250 e. The van der Waals surface area contributed by atoms with E-state index < -0.39 is 6.43 Å². The number of hydrogen-bond acceptors (Lipinski definition) is 2. The first-order chi connectivity index (χ1) is 6.93. The van der Waals surface area contributed by atoms with Crippen molar-refractivity contribution in [2.75, 3.05) is 13.1 Å². The zero-order valence-corrected chi connectivity index (χ0v) is 9.65. The normalized spacial score (nSPS) is 30.8. The van der Waals surface area contributed by atoms with Crippen LogP contribution in [-0.2, 0) is 0 Å². The van der Waals surface area contributed by atoms with Crippen LogP contribution in [0.4, 0.5) is 8.78 Å². The predicted molar refractivity (Wildman–Crippen MR) is 58.0 cm³/mol. The summed E-state index contributed by atoms with van der Waals surface area (Å²) < 4.78 is 24.5. The van der Waals surface area contributed by atoms with E-state index in [2.05, 4.69) is 19.2 Å². The molecule has 2 nitrogen and oxygen atoms in total. The van der Waals surface area contributed by atoms with Crippen molar-refractivity contribution < 1.29 is 8.78 Å². The minimum absolute atomic E-state index is 0.00882. The number of halogens is 2. The van der Waals surface area contributed by atoms with E-state index in [1.165, 1.54) is 6.42 Å². The summed E-state index contributed by atoms with van der Waals surface area (Å²) in [6.45, 7) is 4.43. The van der Waals surface area contributed by atoms with Crippen LogP contribution in [0.1, 0.15) is 39.5 Å². The van der Waals surface area contributed by atoms with Crippen molar-refractivity contribution in [3.8, 4) is 0 Å². The highest BCUT2D eigenvalue weighted by molar-refractivity contribution is 5.03. The molecule has 0 saturated heterocycles. The Balaban J connectivity index is 2.71. The zero-order chi connectivity index (χ0) is 11.5. The molecule has 0 radical (unpaired) electrons. The first-order valence-corrected chi connectivity index (χ1v) is 5.67. The van der Waals surface area contributed by atoms with Gasteiger partial charge in [-0.1, -0.05) is 26.7 Å². The Kier molecular flexibility index (Phi) is 4.06. The van der Waals surface area contributed by atoms with Crippen molar-refractivity contribution >= 4 is 0 Å². The van der Waals surface area contributed by atoms with Gasteiger partial charge in [0.15, 0.2) is 0 Å². The van der Waals surface area contributed by atoms with Gasteiger partial charge in [-0.2, -0.15) is 0 Å². The van der Waals surface area contributed by atoms with Gasteiger partial charge in [-0.3, -0.25) is 0 Å². The summed E-state index contributed by atoms with van der Waals surface area (Å²) >= 11 is 0. The largest absolute Gasteiger partial charge is 0.329 e. The molecule has 0 bridgehead atoms. The zero-order valence-electron chi connectivity index (χ0n) is 9.65.